The summed E-state index contributed by atoms with van der Waals surface area (Å²) >= 11 is 0. The molecular formula is C24H34N4O. The van der Waals surface area contributed by atoms with Crippen molar-refractivity contribution in [2.75, 3.05) is 30.0 Å². The highest BCUT2D eigenvalue weighted by Gasteiger charge is 2.28. The van der Waals surface area contributed by atoms with Crippen molar-refractivity contribution in [2.24, 2.45) is 5.92 Å². The van der Waals surface area contributed by atoms with Gasteiger partial charge in [-0.1, -0.05) is 32.0 Å². The van der Waals surface area contributed by atoms with Crippen molar-refractivity contribution in [3.63, 3.8) is 0 Å². The molecule has 0 aromatic heterocycles. The first-order valence-corrected chi connectivity index (χ1v) is 10.5. The second kappa shape index (κ2) is 10.6. The summed E-state index contributed by atoms with van der Waals surface area (Å²) in [5.41, 5.74) is 6.77. The van der Waals surface area contributed by atoms with Crippen LogP contribution in [-0.2, 0) is 4.79 Å². The number of hydrogen-bond donors (Lipinski definition) is 4. The van der Waals surface area contributed by atoms with Gasteiger partial charge in [-0.15, -0.1) is 0 Å². The third kappa shape index (κ3) is 5.37. The Morgan fingerprint density at radius 2 is 1.83 bits per heavy atom. The van der Waals surface area contributed by atoms with Crippen LogP contribution in [0, 0.1) is 11.3 Å². The Kier molecular flexibility index (Phi) is 8.25. The maximum absolute atomic E-state index is 10.9. The van der Waals surface area contributed by atoms with Gasteiger partial charge in [-0.25, -0.2) is 0 Å². The number of hydrogen-bond acceptors (Lipinski definition) is 5. The van der Waals surface area contributed by atoms with E-state index >= 15 is 0 Å². The zero-order valence-corrected chi connectivity index (χ0v) is 18.2. The van der Waals surface area contributed by atoms with Gasteiger partial charge < -0.3 is 26.2 Å². The maximum Gasteiger partial charge on any atom is 0.122 e. The van der Waals surface area contributed by atoms with Crippen LogP contribution in [0.5, 0.6) is 0 Å². The molecule has 2 aromatic rings. The second-order valence-corrected chi connectivity index (χ2v) is 7.12. The number of carbonyl (C=O) groups excluding carboxylic acids is 1. The Morgan fingerprint density at radius 3 is 2.41 bits per heavy atom. The minimum absolute atomic E-state index is 0.0385. The van der Waals surface area contributed by atoms with Gasteiger partial charge in [0.2, 0.25) is 0 Å². The van der Waals surface area contributed by atoms with Crippen LogP contribution in [0.1, 0.15) is 45.6 Å². The van der Waals surface area contributed by atoms with E-state index in [0.29, 0.717) is 12.3 Å². The molecule has 5 nitrogen and oxygen atoms in total. The van der Waals surface area contributed by atoms with Gasteiger partial charge in [0.15, 0.2) is 0 Å². The molecule has 0 bridgehead atoms. The van der Waals surface area contributed by atoms with E-state index in [4.69, 9.17) is 5.41 Å². The molecule has 0 heterocycles. The maximum atomic E-state index is 10.9. The molecule has 0 saturated heterocycles. The molecule has 2 aromatic carbocycles. The summed E-state index contributed by atoms with van der Waals surface area (Å²) in [6.45, 7) is 6.00. The Labute approximate surface area is 174 Å². The predicted molar refractivity (Wildman–Crippen MR) is 126 cm³/mol. The average molecular weight is 395 g/mol. The van der Waals surface area contributed by atoms with Gasteiger partial charge in [-0.05, 0) is 43.5 Å². The number of carbonyl (C=O) groups is 1. The van der Waals surface area contributed by atoms with Gasteiger partial charge in [0.25, 0.3) is 0 Å². The molecule has 0 aliphatic heterocycles. The predicted octanol–water partition coefficient (Wildman–Crippen LogP) is 5.63. The summed E-state index contributed by atoms with van der Waals surface area (Å²) in [5.74, 6) is 0.390. The fourth-order valence-electron chi connectivity index (χ4n) is 3.35. The van der Waals surface area contributed by atoms with E-state index in [1.807, 2.05) is 53.1 Å². The van der Waals surface area contributed by atoms with Crippen LogP contribution in [0.4, 0.5) is 17.1 Å². The summed E-state index contributed by atoms with van der Waals surface area (Å²) in [7, 11) is 3.79. The molecule has 29 heavy (non-hydrogen) atoms. The molecule has 5 heteroatoms. The van der Waals surface area contributed by atoms with Crippen LogP contribution in [0.2, 0.25) is 0 Å². The number of rotatable bonds is 9. The molecule has 156 valence electrons. The summed E-state index contributed by atoms with van der Waals surface area (Å²) in [6.07, 6.45) is 3.61. The second-order valence-electron chi connectivity index (χ2n) is 7.12. The molecule has 0 spiro atoms. The molecule has 4 N–H and O–H groups in total. The van der Waals surface area contributed by atoms with Gasteiger partial charge in [-0.3, -0.25) is 0 Å². The molecular weight excluding hydrogens is 360 g/mol. The van der Waals surface area contributed by atoms with Crippen molar-refractivity contribution in [1.82, 2.24) is 0 Å². The Morgan fingerprint density at radius 1 is 1.14 bits per heavy atom. The first kappa shape index (κ1) is 22.5. The van der Waals surface area contributed by atoms with E-state index in [1.165, 1.54) is 0 Å². The molecule has 1 unspecified atom stereocenters. The first-order valence-electron chi connectivity index (χ1n) is 10.5. The lowest BCUT2D eigenvalue weighted by Crippen LogP contribution is -2.17. The van der Waals surface area contributed by atoms with E-state index < -0.39 is 0 Å². The van der Waals surface area contributed by atoms with Gasteiger partial charge >= 0.3 is 0 Å². The summed E-state index contributed by atoms with van der Waals surface area (Å²) in [5, 5.41) is 18.5. The van der Waals surface area contributed by atoms with E-state index in [9.17, 15) is 4.79 Å². The molecule has 3 rings (SSSR count). The molecule has 0 radical (unpaired) electrons. The number of aldehydes is 1. The van der Waals surface area contributed by atoms with Crippen molar-refractivity contribution >= 4 is 29.1 Å². The number of benzene rings is 2. The van der Waals surface area contributed by atoms with Crippen molar-refractivity contribution in [2.45, 2.75) is 46.1 Å². The normalized spacial score (nSPS) is 13.6. The van der Waals surface area contributed by atoms with Gasteiger partial charge in [-0.2, -0.15) is 0 Å². The monoisotopic (exact) mass is 394 g/mol. The highest BCUT2D eigenvalue weighted by Crippen LogP contribution is 2.39. The molecule has 1 fully saturated rings. The Balaban J connectivity index is 0.00000145. The summed E-state index contributed by atoms with van der Waals surface area (Å²) in [4.78, 5) is 10.9. The van der Waals surface area contributed by atoms with Crippen LogP contribution in [-0.4, -0.2) is 32.1 Å². The highest BCUT2D eigenvalue weighted by atomic mass is 16.1. The van der Waals surface area contributed by atoms with Crippen LogP contribution >= 0.6 is 0 Å². The number of para-hydroxylation sites is 1. The smallest absolute Gasteiger partial charge is 0.122 e. The van der Waals surface area contributed by atoms with Gasteiger partial charge in [0, 0.05) is 55.0 Å². The molecule has 1 aliphatic carbocycles. The van der Waals surface area contributed by atoms with Gasteiger partial charge in [0.05, 0.1) is 11.4 Å². The summed E-state index contributed by atoms with van der Waals surface area (Å²) < 4.78 is 0. The third-order valence-corrected chi connectivity index (χ3v) is 5.05. The van der Waals surface area contributed by atoms with E-state index in [-0.39, 0.29) is 6.04 Å². The minimum Gasteiger partial charge on any atom is -0.388 e. The first-order chi connectivity index (χ1) is 14.1. The molecule has 1 atom stereocenters. The largest absolute Gasteiger partial charge is 0.388 e. The highest BCUT2D eigenvalue weighted by molar-refractivity contribution is 6.07. The van der Waals surface area contributed by atoms with Crippen molar-refractivity contribution in [3.8, 4) is 11.1 Å². The Bertz CT molecular complexity index is 843. The third-order valence-electron chi connectivity index (χ3n) is 5.05. The zero-order chi connectivity index (χ0) is 21.4. The number of nitrogens with one attached hydrogen (secondary N) is 4. The van der Waals surface area contributed by atoms with E-state index in [1.54, 1.807) is 0 Å². The lowest BCUT2D eigenvalue weighted by Gasteiger charge is -2.21. The van der Waals surface area contributed by atoms with Crippen LogP contribution < -0.4 is 16.0 Å². The van der Waals surface area contributed by atoms with Crippen molar-refractivity contribution < 1.29 is 4.79 Å². The van der Waals surface area contributed by atoms with E-state index in [2.05, 4.69) is 34.1 Å². The zero-order valence-electron chi connectivity index (χ0n) is 18.2. The van der Waals surface area contributed by atoms with Crippen molar-refractivity contribution in [1.29, 1.82) is 5.41 Å². The SMILES string of the molecule is CC.CNc1ccc(-c2cccc(NC)c2NC(C)CC=O)cc1C(=N)C1CC1. The molecule has 1 aliphatic rings. The van der Waals surface area contributed by atoms with E-state index in [0.717, 1.165) is 58.6 Å². The molecule has 0 amide bonds. The fraction of sp³-hybridized carbons (Fsp3) is 0.417. The van der Waals surface area contributed by atoms with Gasteiger partial charge in [0.1, 0.15) is 6.29 Å². The molecule has 1 saturated carbocycles. The number of anilines is 3. The quantitative estimate of drug-likeness (QED) is 0.328. The van der Waals surface area contributed by atoms with Crippen LogP contribution in [0.25, 0.3) is 11.1 Å². The fourth-order valence-corrected chi connectivity index (χ4v) is 3.35. The summed E-state index contributed by atoms with van der Waals surface area (Å²) in [6, 6.07) is 12.4. The average Bonchev–Trinajstić information content (AvgIpc) is 3.60. The van der Waals surface area contributed by atoms with Crippen LogP contribution in [0.3, 0.4) is 0 Å². The van der Waals surface area contributed by atoms with Crippen molar-refractivity contribution in [3.05, 3.63) is 42.0 Å². The standard InChI is InChI=1S/C22H28N4O.C2H6/c1-14(11-12-27)26-22-17(5-4-6-20(22)25-3)16-9-10-19(24-2)18(13-16)21(23)15-7-8-15;1-2/h4-6,9-10,12-15,23-26H,7-8,11H2,1-3H3;1-2H3. The topological polar surface area (TPSA) is 77.0 Å². The van der Waals surface area contributed by atoms with Crippen LogP contribution in [0.15, 0.2) is 36.4 Å². The minimum atomic E-state index is 0.0385. The lowest BCUT2D eigenvalue weighted by molar-refractivity contribution is -0.107. The lowest BCUT2D eigenvalue weighted by atomic mass is 9.95. The Hall–Kier alpha value is -2.82.